The minimum Gasteiger partial charge on any atom is -0.352 e. The van der Waals surface area contributed by atoms with Crippen molar-refractivity contribution in [1.82, 2.24) is 20.1 Å². The van der Waals surface area contributed by atoms with Crippen LogP contribution in [0.4, 0.5) is 0 Å². The Kier molecular flexibility index (Phi) is 5.46. The van der Waals surface area contributed by atoms with E-state index in [1.165, 1.54) is 11.8 Å². The van der Waals surface area contributed by atoms with Crippen molar-refractivity contribution in [3.63, 3.8) is 0 Å². The third kappa shape index (κ3) is 4.57. The molecule has 2 heterocycles. The van der Waals surface area contributed by atoms with Gasteiger partial charge in [-0.15, -0.1) is 10.2 Å². The van der Waals surface area contributed by atoms with Crippen molar-refractivity contribution in [2.45, 2.75) is 42.1 Å². The summed E-state index contributed by atoms with van der Waals surface area (Å²) in [6.07, 6.45) is 3.34. The zero-order valence-corrected chi connectivity index (χ0v) is 17.4. The van der Waals surface area contributed by atoms with E-state index in [1.54, 1.807) is 0 Å². The monoisotopic (exact) mass is 420 g/mol. The lowest BCUT2D eigenvalue weighted by molar-refractivity contribution is -0.120. The van der Waals surface area contributed by atoms with E-state index in [2.05, 4.69) is 15.5 Å². The largest absolute Gasteiger partial charge is 0.352 e. The zero-order valence-electron chi connectivity index (χ0n) is 15.7. The Labute approximate surface area is 169 Å². The number of amides is 1. The highest BCUT2D eigenvalue weighted by molar-refractivity contribution is 8.00. The van der Waals surface area contributed by atoms with E-state index < -0.39 is 15.1 Å². The summed E-state index contributed by atoms with van der Waals surface area (Å²) >= 11 is 1.38. The number of aromatic nitrogens is 3. The van der Waals surface area contributed by atoms with Gasteiger partial charge >= 0.3 is 0 Å². The highest BCUT2D eigenvalue weighted by Gasteiger charge is 2.32. The van der Waals surface area contributed by atoms with E-state index >= 15 is 0 Å². The third-order valence-electron chi connectivity index (χ3n) is 5.21. The predicted octanol–water partition coefficient (Wildman–Crippen LogP) is 1.90. The quantitative estimate of drug-likeness (QED) is 0.688. The van der Waals surface area contributed by atoms with Gasteiger partial charge in [0.2, 0.25) is 5.91 Å². The standard InChI is InChI=1S/C19H24N4O3S2/c1-23-16(11-13-9-10-28(25,26)12-13)21-22-19(23)27-17(14-5-3-2-4-6-14)18(24)20-15-7-8-15/h2-6,13,15,17H,7-12H2,1H3,(H,20,24)/t13-,17-/m0/s1. The first kappa shape index (κ1) is 19.4. The van der Waals surface area contributed by atoms with E-state index in [9.17, 15) is 13.2 Å². The molecule has 2 fully saturated rings. The van der Waals surface area contributed by atoms with Gasteiger partial charge in [0.05, 0.1) is 11.5 Å². The summed E-state index contributed by atoms with van der Waals surface area (Å²) in [5.74, 6) is 1.32. The maximum absolute atomic E-state index is 12.8. The molecule has 2 aliphatic rings. The van der Waals surface area contributed by atoms with Crippen LogP contribution in [0.25, 0.3) is 0 Å². The van der Waals surface area contributed by atoms with Crippen LogP contribution in [0.1, 0.15) is 35.9 Å². The maximum Gasteiger partial charge on any atom is 0.238 e. The van der Waals surface area contributed by atoms with Gasteiger partial charge in [0.15, 0.2) is 15.0 Å². The van der Waals surface area contributed by atoms with Crippen LogP contribution in [0.3, 0.4) is 0 Å². The first-order chi connectivity index (χ1) is 13.4. The molecule has 4 rings (SSSR count). The topological polar surface area (TPSA) is 93.9 Å². The first-order valence-corrected chi connectivity index (χ1v) is 12.2. The molecule has 1 aliphatic heterocycles. The van der Waals surface area contributed by atoms with Crippen LogP contribution < -0.4 is 5.32 Å². The normalized spacial score (nSPS) is 22.1. The number of sulfone groups is 1. The Morgan fingerprint density at radius 2 is 2.00 bits per heavy atom. The number of thioether (sulfide) groups is 1. The number of nitrogens with one attached hydrogen (secondary N) is 1. The average molecular weight is 421 g/mol. The minimum absolute atomic E-state index is 0.00913. The molecule has 0 spiro atoms. The van der Waals surface area contributed by atoms with Gasteiger partial charge in [0, 0.05) is 19.5 Å². The lowest BCUT2D eigenvalue weighted by Crippen LogP contribution is -2.29. The van der Waals surface area contributed by atoms with Crippen molar-refractivity contribution in [3.8, 4) is 0 Å². The number of hydrogen-bond acceptors (Lipinski definition) is 6. The lowest BCUT2D eigenvalue weighted by Gasteiger charge is -2.16. The molecule has 0 bridgehead atoms. The van der Waals surface area contributed by atoms with Crippen LogP contribution >= 0.6 is 11.8 Å². The molecule has 1 amide bonds. The lowest BCUT2D eigenvalue weighted by atomic mass is 10.1. The second-order valence-electron chi connectivity index (χ2n) is 7.62. The van der Waals surface area contributed by atoms with Crippen LogP contribution in [0, 0.1) is 5.92 Å². The van der Waals surface area contributed by atoms with Crippen molar-refractivity contribution in [1.29, 1.82) is 0 Å². The molecule has 1 saturated carbocycles. The summed E-state index contributed by atoms with van der Waals surface area (Å²) in [6.45, 7) is 0. The smallest absolute Gasteiger partial charge is 0.238 e. The number of carbonyl (C=O) groups excluding carboxylic acids is 1. The van der Waals surface area contributed by atoms with Crippen LogP contribution in [0.2, 0.25) is 0 Å². The number of hydrogen-bond donors (Lipinski definition) is 1. The Bertz CT molecular complexity index is 955. The highest BCUT2D eigenvalue weighted by Crippen LogP contribution is 2.36. The van der Waals surface area contributed by atoms with Gasteiger partial charge in [-0.05, 0) is 30.7 Å². The van der Waals surface area contributed by atoms with Crippen molar-refractivity contribution in [3.05, 3.63) is 41.7 Å². The molecule has 2 aromatic rings. The number of benzene rings is 1. The summed E-state index contributed by atoms with van der Waals surface area (Å²) in [5, 5.41) is 11.9. The summed E-state index contributed by atoms with van der Waals surface area (Å²) in [7, 11) is -1.03. The minimum atomic E-state index is -2.91. The predicted molar refractivity (Wildman–Crippen MR) is 108 cm³/mol. The van der Waals surface area contributed by atoms with Crippen LogP contribution in [0.15, 0.2) is 35.5 Å². The molecule has 1 saturated heterocycles. The highest BCUT2D eigenvalue weighted by atomic mass is 32.2. The molecule has 0 unspecified atom stereocenters. The Morgan fingerprint density at radius 1 is 1.25 bits per heavy atom. The summed E-state index contributed by atoms with van der Waals surface area (Å²) < 4.78 is 25.3. The third-order valence-corrected chi connectivity index (χ3v) is 8.34. The Morgan fingerprint density at radius 3 is 2.64 bits per heavy atom. The summed E-state index contributed by atoms with van der Waals surface area (Å²) in [5.41, 5.74) is 0.928. The summed E-state index contributed by atoms with van der Waals surface area (Å²) in [4.78, 5) is 12.8. The molecule has 9 heteroatoms. The number of carbonyl (C=O) groups is 1. The second-order valence-corrected chi connectivity index (χ2v) is 10.9. The fraction of sp³-hybridized carbons (Fsp3) is 0.526. The molecule has 1 aliphatic carbocycles. The van der Waals surface area contributed by atoms with Crippen molar-refractivity contribution in [2.75, 3.05) is 11.5 Å². The Hall–Kier alpha value is -1.87. The molecular weight excluding hydrogens is 396 g/mol. The number of rotatable bonds is 7. The van der Waals surface area contributed by atoms with E-state index in [0.29, 0.717) is 24.0 Å². The molecule has 28 heavy (non-hydrogen) atoms. The molecule has 0 radical (unpaired) electrons. The van der Waals surface area contributed by atoms with Crippen molar-refractivity contribution in [2.24, 2.45) is 13.0 Å². The Balaban J connectivity index is 1.50. The molecule has 7 nitrogen and oxygen atoms in total. The van der Waals surface area contributed by atoms with Crippen LogP contribution in [-0.2, 0) is 28.1 Å². The SMILES string of the molecule is Cn1c(C[C@@H]2CCS(=O)(=O)C2)nnc1S[C@H](C(=O)NC1CC1)c1ccccc1. The average Bonchev–Trinajstić information content (AvgIpc) is 3.33. The molecule has 1 aromatic heterocycles. The van der Waals surface area contributed by atoms with Gasteiger partial charge in [-0.2, -0.15) is 0 Å². The molecular formula is C19H24N4O3S2. The van der Waals surface area contributed by atoms with Gasteiger partial charge in [0.25, 0.3) is 0 Å². The second kappa shape index (κ2) is 7.87. The molecule has 150 valence electrons. The van der Waals surface area contributed by atoms with E-state index in [0.717, 1.165) is 24.2 Å². The molecule has 1 N–H and O–H groups in total. The van der Waals surface area contributed by atoms with E-state index in [4.69, 9.17) is 0 Å². The zero-order chi connectivity index (χ0) is 19.7. The van der Waals surface area contributed by atoms with Gasteiger partial charge in [-0.25, -0.2) is 8.42 Å². The van der Waals surface area contributed by atoms with Crippen LogP contribution in [0.5, 0.6) is 0 Å². The number of nitrogens with zero attached hydrogens (tertiary/aromatic N) is 3. The maximum atomic E-state index is 12.8. The first-order valence-electron chi connectivity index (χ1n) is 9.52. The van der Waals surface area contributed by atoms with Gasteiger partial charge in [-0.3, -0.25) is 4.79 Å². The fourth-order valence-electron chi connectivity index (χ4n) is 3.43. The van der Waals surface area contributed by atoms with Crippen molar-refractivity contribution >= 4 is 27.5 Å². The van der Waals surface area contributed by atoms with Crippen molar-refractivity contribution < 1.29 is 13.2 Å². The van der Waals surface area contributed by atoms with Gasteiger partial charge in [0.1, 0.15) is 11.1 Å². The van der Waals surface area contributed by atoms with E-state index in [-0.39, 0.29) is 23.3 Å². The van der Waals surface area contributed by atoms with Gasteiger partial charge in [-0.1, -0.05) is 42.1 Å². The summed E-state index contributed by atoms with van der Waals surface area (Å²) in [6, 6.07) is 9.97. The van der Waals surface area contributed by atoms with E-state index in [1.807, 2.05) is 41.9 Å². The molecule has 1 aromatic carbocycles. The fourth-order valence-corrected chi connectivity index (χ4v) is 6.32. The molecule has 2 atom stereocenters. The van der Waals surface area contributed by atoms with Gasteiger partial charge < -0.3 is 9.88 Å². The van der Waals surface area contributed by atoms with Crippen LogP contribution in [-0.4, -0.2) is 46.6 Å².